The second-order valence-electron chi connectivity index (χ2n) is 5.79. The summed E-state index contributed by atoms with van der Waals surface area (Å²) >= 11 is 6.20. The van der Waals surface area contributed by atoms with Gasteiger partial charge in [-0.05, 0) is 38.2 Å². The Hall–Kier alpha value is -0.810. The van der Waals surface area contributed by atoms with Crippen LogP contribution >= 0.6 is 11.6 Å². The number of nitrogens with zero attached hydrogens (tertiary/aromatic N) is 2. The van der Waals surface area contributed by atoms with Crippen LogP contribution in [0.15, 0.2) is 18.2 Å². The van der Waals surface area contributed by atoms with Crippen LogP contribution in [0.4, 0.5) is 5.69 Å². The molecule has 0 amide bonds. The van der Waals surface area contributed by atoms with Crippen LogP contribution in [0.5, 0.6) is 0 Å². The topological polar surface area (TPSA) is 27.7 Å². The van der Waals surface area contributed by atoms with E-state index in [-0.39, 0.29) is 0 Å². The van der Waals surface area contributed by atoms with Gasteiger partial charge in [-0.15, -0.1) is 0 Å². The third-order valence-electron chi connectivity index (χ3n) is 4.08. The molecule has 1 N–H and O–H groups in total. The molecule has 0 saturated carbocycles. The SMILES string of the molecule is COCCNCc1ccc(Cl)cc1N1CCC(N(C)C)C1. The van der Waals surface area contributed by atoms with E-state index in [1.165, 1.54) is 17.7 Å². The van der Waals surface area contributed by atoms with Gasteiger partial charge in [-0.25, -0.2) is 0 Å². The predicted molar refractivity (Wildman–Crippen MR) is 89.3 cm³/mol. The highest BCUT2D eigenvalue weighted by atomic mass is 35.5. The molecule has 21 heavy (non-hydrogen) atoms. The van der Waals surface area contributed by atoms with Gasteiger partial charge in [-0.1, -0.05) is 17.7 Å². The van der Waals surface area contributed by atoms with Crippen LogP contribution in [0.2, 0.25) is 5.02 Å². The van der Waals surface area contributed by atoms with Crippen molar-refractivity contribution >= 4 is 17.3 Å². The predicted octanol–water partition coefficient (Wildman–Crippen LogP) is 2.22. The van der Waals surface area contributed by atoms with E-state index in [1.807, 2.05) is 6.07 Å². The molecule has 1 fully saturated rings. The highest BCUT2D eigenvalue weighted by Gasteiger charge is 2.25. The quantitative estimate of drug-likeness (QED) is 0.782. The Morgan fingerprint density at radius 3 is 2.90 bits per heavy atom. The van der Waals surface area contributed by atoms with Gasteiger partial charge in [0, 0.05) is 50.0 Å². The number of nitrogens with one attached hydrogen (secondary N) is 1. The number of ether oxygens (including phenoxy) is 1. The number of benzene rings is 1. The highest BCUT2D eigenvalue weighted by Crippen LogP contribution is 2.28. The maximum Gasteiger partial charge on any atom is 0.0587 e. The smallest absolute Gasteiger partial charge is 0.0587 e. The summed E-state index contributed by atoms with van der Waals surface area (Å²) in [5.41, 5.74) is 2.56. The largest absolute Gasteiger partial charge is 0.383 e. The minimum absolute atomic E-state index is 0.623. The van der Waals surface area contributed by atoms with Crippen molar-refractivity contribution in [3.05, 3.63) is 28.8 Å². The molecule has 1 saturated heterocycles. The molecule has 0 aliphatic carbocycles. The van der Waals surface area contributed by atoms with Crippen molar-refractivity contribution in [1.82, 2.24) is 10.2 Å². The molecule has 1 aliphatic rings. The van der Waals surface area contributed by atoms with Gasteiger partial charge in [0.2, 0.25) is 0 Å². The molecule has 5 heteroatoms. The standard InChI is InChI=1S/C16H26ClN3O/c1-19(2)15-6-8-20(12-15)16-10-14(17)5-4-13(16)11-18-7-9-21-3/h4-5,10,15,18H,6-9,11-12H2,1-3H3. The second kappa shape index (κ2) is 7.99. The maximum absolute atomic E-state index is 6.20. The maximum atomic E-state index is 6.20. The number of anilines is 1. The molecular formula is C16H26ClN3O. The highest BCUT2D eigenvalue weighted by molar-refractivity contribution is 6.30. The Morgan fingerprint density at radius 1 is 1.43 bits per heavy atom. The molecule has 4 nitrogen and oxygen atoms in total. The number of likely N-dealkylation sites (N-methyl/N-ethyl adjacent to an activating group) is 1. The molecule has 1 aliphatic heterocycles. The Kier molecular flexibility index (Phi) is 6.30. The first kappa shape index (κ1) is 16.6. The van der Waals surface area contributed by atoms with E-state index in [0.29, 0.717) is 6.04 Å². The summed E-state index contributed by atoms with van der Waals surface area (Å²) in [6.07, 6.45) is 1.20. The van der Waals surface area contributed by atoms with E-state index in [2.05, 4.69) is 41.3 Å². The van der Waals surface area contributed by atoms with Crippen molar-refractivity contribution < 1.29 is 4.74 Å². The van der Waals surface area contributed by atoms with Crippen molar-refractivity contribution in [2.24, 2.45) is 0 Å². The normalized spacial score (nSPS) is 18.7. The zero-order valence-electron chi connectivity index (χ0n) is 13.2. The summed E-state index contributed by atoms with van der Waals surface area (Å²) in [5, 5.41) is 4.22. The Balaban J connectivity index is 2.05. The van der Waals surface area contributed by atoms with Crippen LogP contribution in [0, 0.1) is 0 Å². The summed E-state index contributed by atoms with van der Waals surface area (Å²) < 4.78 is 5.07. The zero-order valence-corrected chi connectivity index (χ0v) is 14.0. The van der Waals surface area contributed by atoms with E-state index in [1.54, 1.807) is 7.11 Å². The van der Waals surface area contributed by atoms with Gasteiger partial charge < -0.3 is 19.9 Å². The Labute approximate surface area is 133 Å². The van der Waals surface area contributed by atoms with Crippen LogP contribution in [0.1, 0.15) is 12.0 Å². The molecule has 1 heterocycles. The van der Waals surface area contributed by atoms with Gasteiger partial charge in [-0.2, -0.15) is 0 Å². The minimum atomic E-state index is 0.623. The number of hydrogen-bond donors (Lipinski definition) is 1. The summed E-state index contributed by atoms with van der Waals surface area (Å²) in [7, 11) is 6.03. The van der Waals surface area contributed by atoms with Crippen molar-refractivity contribution in [2.75, 3.05) is 52.3 Å². The van der Waals surface area contributed by atoms with E-state index in [4.69, 9.17) is 16.3 Å². The molecule has 0 aromatic heterocycles. The van der Waals surface area contributed by atoms with Crippen LogP contribution in [-0.2, 0) is 11.3 Å². The van der Waals surface area contributed by atoms with Crippen LogP contribution in [0.3, 0.4) is 0 Å². The van der Waals surface area contributed by atoms with E-state index in [0.717, 1.165) is 37.8 Å². The van der Waals surface area contributed by atoms with E-state index >= 15 is 0 Å². The lowest BCUT2D eigenvalue weighted by molar-refractivity contribution is 0.199. The van der Waals surface area contributed by atoms with E-state index < -0.39 is 0 Å². The number of methoxy groups -OCH3 is 1. The molecule has 1 aromatic carbocycles. The van der Waals surface area contributed by atoms with Gasteiger partial charge in [0.05, 0.1) is 6.61 Å². The number of hydrogen-bond acceptors (Lipinski definition) is 4. The van der Waals surface area contributed by atoms with Gasteiger partial charge in [0.1, 0.15) is 0 Å². The molecule has 0 bridgehead atoms. The Morgan fingerprint density at radius 2 is 2.24 bits per heavy atom. The minimum Gasteiger partial charge on any atom is -0.383 e. The molecule has 1 atom stereocenters. The van der Waals surface area contributed by atoms with E-state index in [9.17, 15) is 0 Å². The van der Waals surface area contributed by atoms with Crippen LogP contribution < -0.4 is 10.2 Å². The van der Waals surface area contributed by atoms with Gasteiger partial charge >= 0.3 is 0 Å². The molecule has 2 rings (SSSR count). The number of halogens is 1. The lowest BCUT2D eigenvalue weighted by atomic mass is 10.1. The summed E-state index contributed by atoms with van der Waals surface area (Å²) in [4.78, 5) is 4.75. The average molecular weight is 312 g/mol. The molecule has 1 aromatic rings. The second-order valence-corrected chi connectivity index (χ2v) is 6.23. The van der Waals surface area contributed by atoms with Crippen molar-refractivity contribution in [3.8, 4) is 0 Å². The third kappa shape index (κ3) is 4.58. The van der Waals surface area contributed by atoms with Crippen molar-refractivity contribution in [1.29, 1.82) is 0 Å². The molecule has 0 radical (unpaired) electrons. The monoisotopic (exact) mass is 311 g/mol. The van der Waals surface area contributed by atoms with Crippen LogP contribution in [-0.4, -0.2) is 58.4 Å². The van der Waals surface area contributed by atoms with Gasteiger partial charge in [0.25, 0.3) is 0 Å². The zero-order chi connectivity index (χ0) is 15.2. The summed E-state index contributed by atoms with van der Waals surface area (Å²) in [6.45, 7) is 4.60. The summed E-state index contributed by atoms with van der Waals surface area (Å²) in [5.74, 6) is 0. The molecule has 1 unspecified atom stereocenters. The molecular weight excluding hydrogens is 286 g/mol. The first-order valence-electron chi connectivity index (χ1n) is 7.51. The Bertz CT molecular complexity index is 453. The number of rotatable bonds is 7. The molecule has 118 valence electrons. The first-order valence-corrected chi connectivity index (χ1v) is 7.89. The van der Waals surface area contributed by atoms with Crippen molar-refractivity contribution in [2.45, 2.75) is 19.0 Å². The van der Waals surface area contributed by atoms with Crippen LogP contribution in [0.25, 0.3) is 0 Å². The first-order chi connectivity index (χ1) is 10.1. The lowest BCUT2D eigenvalue weighted by Gasteiger charge is -2.24. The fourth-order valence-electron chi connectivity index (χ4n) is 2.76. The summed E-state index contributed by atoms with van der Waals surface area (Å²) in [6, 6.07) is 6.81. The third-order valence-corrected chi connectivity index (χ3v) is 4.32. The fraction of sp³-hybridized carbons (Fsp3) is 0.625. The molecule has 0 spiro atoms. The average Bonchev–Trinajstić information content (AvgIpc) is 2.94. The lowest BCUT2D eigenvalue weighted by Crippen LogP contribution is -2.32. The van der Waals surface area contributed by atoms with Gasteiger partial charge in [0.15, 0.2) is 0 Å². The van der Waals surface area contributed by atoms with Crippen molar-refractivity contribution in [3.63, 3.8) is 0 Å². The van der Waals surface area contributed by atoms with Gasteiger partial charge in [-0.3, -0.25) is 0 Å². The fourth-order valence-corrected chi connectivity index (χ4v) is 2.93.